The first-order valence-electron chi connectivity index (χ1n) is 7.22. The van der Waals surface area contributed by atoms with Crippen LogP contribution in [0.15, 0.2) is 57.7 Å². The van der Waals surface area contributed by atoms with Gasteiger partial charge in [0.15, 0.2) is 0 Å². The molecule has 0 aliphatic heterocycles. The molecule has 9 heteroatoms. The molecule has 0 bridgehead atoms. The Hall–Kier alpha value is -2.81. The van der Waals surface area contributed by atoms with E-state index in [1.54, 1.807) is 12.1 Å². The third-order valence-electron chi connectivity index (χ3n) is 3.57. The lowest BCUT2D eigenvalue weighted by molar-refractivity contribution is -0.0500. The summed E-state index contributed by atoms with van der Waals surface area (Å²) in [5.74, 6) is -0.612. The van der Waals surface area contributed by atoms with E-state index in [2.05, 4.69) is 4.18 Å². The Kier molecular flexibility index (Phi) is 4.27. The van der Waals surface area contributed by atoms with Crippen LogP contribution in [0.4, 0.5) is 13.2 Å². The van der Waals surface area contributed by atoms with Crippen LogP contribution in [-0.2, 0) is 10.1 Å². The molecule has 0 aliphatic carbocycles. The minimum atomic E-state index is -5.82. The Morgan fingerprint density at radius 2 is 1.65 bits per heavy atom. The maximum atomic E-state index is 12.4. The van der Waals surface area contributed by atoms with Gasteiger partial charge in [-0.25, -0.2) is 4.79 Å². The molecule has 0 saturated heterocycles. The average Bonchev–Trinajstić information content (AvgIpc) is 2.53. The van der Waals surface area contributed by atoms with E-state index in [1.165, 1.54) is 12.1 Å². The van der Waals surface area contributed by atoms with Gasteiger partial charge < -0.3 is 8.60 Å². The minimum Gasteiger partial charge on any atom is -0.423 e. The fraction of sp³-hybridized carbons (Fsp3) is 0.118. The van der Waals surface area contributed by atoms with Crippen LogP contribution in [0, 0.1) is 6.92 Å². The highest BCUT2D eigenvalue weighted by Crippen LogP contribution is 2.32. The molecule has 0 N–H and O–H groups in total. The summed E-state index contributed by atoms with van der Waals surface area (Å²) >= 11 is 0. The van der Waals surface area contributed by atoms with E-state index in [4.69, 9.17) is 4.42 Å². The molecule has 0 unspecified atom stereocenters. The van der Waals surface area contributed by atoms with Gasteiger partial charge in [-0.3, -0.25) is 0 Å². The molecule has 0 aliphatic rings. The van der Waals surface area contributed by atoms with Gasteiger partial charge in [-0.15, -0.1) is 0 Å². The predicted octanol–water partition coefficient (Wildman–Crippen LogP) is 4.00. The lowest BCUT2D eigenvalue weighted by Crippen LogP contribution is -2.28. The average molecular weight is 384 g/mol. The molecule has 0 atom stereocenters. The van der Waals surface area contributed by atoms with Gasteiger partial charge in [-0.1, -0.05) is 29.8 Å². The Morgan fingerprint density at radius 1 is 1.00 bits per heavy atom. The Labute approximate surface area is 145 Å². The van der Waals surface area contributed by atoms with Crippen LogP contribution in [0.25, 0.3) is 22.1 Å². The van der Waals surface area contributed by atoms with E-state index in [0.717, 1.165) is 17.7 Å². The zero-order valence-corrected chi connectivity index (χ0v) is 14.0. The van der Waals surface area contributed by atoms with Crippen LogP contribution in [0.2, 0.25) is 0 Å². The summed E-state index contributed by atoms with van der Waals surface area (Å²) in [7, 11) is -5.82. The SMILES string of the molecule is Cc1ccc(-c2cc(=O)oc3cc(OS(=O)(=O)C(F)(F)F)ccc23)cc1. The van der Waals surface area contributed by atoms with Crippen LogP contribution < -0.4 is 9.81 Å². The highest BCUT2D eigenvalue weighted by atomic mass is 32.2. The van der Waals surface area contributed by atoms with Crippen molar-refractivity contribution in [2.75, 3.05) is 0 Å². The number of hydrogen-bond acceptors (Lipinski definition) is 5. The van der Waals surface area contributed by atoms with Crippen LogP contribution in [0.5, 0.6) is 5.75 Å². The molecular formula is C17H11F3O5S. The second-order valence-corrected chi connectivity index (χ2v) is 7.02. The number of alkyl halides is 3. The zero-order chi connectivity index (χ0) is 19.1. The molecule has 5 nitrogen and oxygen atoms in total. The standard InChI is InChI=1S/C17H11F3O5S/c1-10-2-4-11(5-3-10)14-9-16(21)24-15-8-12(6-7-13(14)15)25-26(22,23)17(18,19)20/h2-9H,1H3. The molecule has 0 amide bonds. The molecule has 1 heterocycles. The normalized spacial score (nSPS) is 12.3. The van der Waals surface area contributed by atoms with Crippen LogP contribution in [0.1, 0.15) is 5.56 Å². The molecule has 2 aromatic carbocycles. The van der Waals surface area contributed by atoms with Gasteiger partial charge in [0.1, 0.15) is 11.3 Å². The number of aryl methyl sites for hydroxylation is 1. The molecule has 0 radical (unpaired) electrons. The summed E-state index contributed by atoms with van der Waals surface area (Å²) < 4.78 is 68.5. The van der Waals surface area contributed by atoms with Gasteiger partial charge in [0.05, 0.1) is 0 Å². The first kappa shape index (κ1) is 18.0. The van der Waals surface area contributed by atoms with E-state index in [-0.39, 0.29) is 5.58 Å². The monoisotopic (exact) mass is 384 g/mol. The zero-order valence-electron chi connectivity index (χ0n) is 13.2. The lowest BCUT2D eigenvalue weighted by Gasteiger charge is -2.11. The number of fused-ring (bicyclic) bond motifs is 1. The van der Waals surface area contributed by atoms with Crippen LogP contribution in [0.3, 0.4) is 0 Å². The Morgan fingerprint density at radius 3 is 2.27 bits per heavy atom. The van der Waals surface area contributed by atoms with Gasteiger partial charge in [-0.2, -0.15) is 21.6 Å². The number of benzene rings is 2. The van der Waals surface area contributed by atoms with E-state index in [9.17, 15) is 26.4 Å². The predicted molar refractivity (Wildman–Crippen MR) is 88.3 cm³/mol. The summed E-state index contributed by atoms with van der Waals surface area (Å²) in [5.41, 5.74) is -4.18. The van der Waals surface area contributed by atoms with Crippen molar-refractivity contribution in [3.05, 3.63) is 64.5 Å². The molecule has 0 fully saturated rings. The smallest absolute Gasteiger partial charge is 0.423 e. The first-order chi connectivity index (χ1) is 12.1. The maximum absolute atomic E-state index is 12.4. The van der Waals surface area contributed by atoms with E-state index >= 15 is 0 Å². The Bertz CT molecular complexity index is 1130. The summed E-state index contributed by atoms with van der Waals surface area (Å²) in [4.78, 5) is 11.8. The number of halogens is 3. The molecule has 0 saturated carbocycles. The maximum Gasteiger partial charge on any atom is 0.534 e. The molecular weight excluding hydrogens is 373 g/mol. The second-order valence-electron chi connectivity index (χ2n) is 5.49. The summed E-state index contributed by atoms with van der Waals surface area (Å²) in [6.45, 7) is 1.89. The summed E-state index contributed by atoms with van der Waals surface area (Å²) in [6.07, 6.45) is 0. The van der Waals surface area contributed by atoms with Crippen molar-refractivity contribution in [2.24, 2.45) is 0 Å². The number of hydrogen-bond donors (Lipinski definition) is 0. The quantitative estimate of drug-likeness (QED) is 0.388. The Balaban J connectivity index is 2.12. The third-order valence-corrected chi connectivity index (χ3v) is 4.55. The highest BCUT2D eigenvalue weighted by molar-refractivity contribution is 7.88. The topological polar surface area (TPSA) is 73.6 Å². The molecule has 1 aromatic heterocycles. The van der Waals surface area contributed by atoms with Crippen molar-refractivity contribution in [1.82, 2.24) is 0 Å². The molecule has 0 spiro atoms. The minimum absolute atomic E-state index is 0.0945. The summed E-state index contributed by atoms with van der Waals surface area (Å²) in [5, 5.41) is 0.421. The van der Waals surface area contributed by atoms with Crippen LogP contribution in [-0.4, -0.2) is 13.9 Å². The van der Waals surface area contributed by atoms with Crippen molar-refractivity contribution in [3.63, 3.8) is 0 Å². The molecule has 26 heavy (non-hydrogen) atoms. The van der Waals surface area contributed by atoms with Crippen LogP contribution >= 0.6 is 0 Å². The van der Waals surface area contributed by atoms with Gasteiger partial charge >= 0.3 is 21.3 Å². The van der Waals surface area contributed by atoms with Crippen molar-refractivity contribution in [1.29, 1.82) is 0 Å². The third kappa shape index (κ3) is 3.43. The summed E-state index contributed by atoms with van der Waals surface area (Å²) in [6, 6.07) is 11.8. The van der Waals surface area contributed by atoms with Crippen molar-refractivity contribution in [3.8, 4) is 16.9 Å². The molecule has 3 rings (SSSR count). The first-order valence-corrected chi connectivity index (χ1v) is 8.63. The fourth-order valence-electron chi connectivity index (χ4n) is 2.34. The van der Waals surface area contributed by atoms with Gasteiger partial charge in [0, 0.05) is 17.5 Å². The lowest BCUT2D eigenvalue weighted by atomic mass is 10.0. The van der Waals surface area contributed by atoms with E-state index in [1.807, 2.05) is 19.1 Å². The fourth-order valence-corrected chi connectivity index (χ4v) is 2.79. The van der Waals surface area contributed by atoms with Crippen molar-refractivity contribution in [2.45, 2.75) is 12.4 Å². The number of rotatable bonds is 3. The van der Waals surface area contributed by atoms with Gasteiger partial charge in [0.2, 0.25) is 0 Å². The molecule has 3 aromatic rings. The second kappa shape index (κ2) is 6.17. The largest absolute Gasteiger partial charge is 0.534 e. The molecule has 136 valence electrons. The van der Waals surface area contributed by atoms with Crippen molar-refractivity contribution < 1.29 is 30.2 Å². The van der Waals surface area contributed by atoms with Crippen molar-refractivity contribution >= 4 is 21.1 Å². The van der Waals surface area contributed by atoms with E-state index in [0.29, 0.717) is 16.5 Å². The van der Waals surface area contributed by atoms with E-state index < -0.39 is 27.0 Å². The van der Waals surface area contributed by atoms with Gasteiger partial charge in [0.25, 0.3) is 0 Å². The highest BCUT2D eigenvalue weighted by Gasteiger charge is 2.48. The van der Waals surface area contributed by atoms with Gasteiger partial charge in [-0.05, 0) is 30.2 Å².